The van der Waals surface area contributed by atoms with Crippen molar-refractivity contribution in [2.24, 2.45) is 7.05 Å². The number of aromatic nitrogens is 4. The quantitative estimate of drug-likeness (QED) is 0.460. The smallest absolute Gasteiger partial charge is 0.368 e. The Balaban J connectivity index is 1.63. The van der Waals surface area contributed by atoms with Crippen molar-refractivity contribution < 1.29 is 9.47 Å². The minimum absolute atomic E-state index is 0.298. The molecular weight excluding hydrogens is 404 g/mol. The summed E-state index contributed by atoms with van der Waals surface area (Å²) in [5, 5.41) is 7.81. The van der Waals surface area contributed by atoms with E-state index in [1.807, 2.05) is 44.2 Å². The molecule has 164 valence electrons. The molecule has 4 aromatic rings. The summed E-state index contributed by atoms with van der Waals surface area (Å²) in [6.07, 6.45) is 0. The summed E-state index contributed by atoms with van der Waals surface area (Å²) in [6, 6.07) is 18.0. The summed E-state index contributed by atoms with van der Waals surface area (Å²) < 4.78 is 14.0. The van der Waals surface area contributed by atoms with Crippen molar-refractivity contribution >= 4 is 0 Å². The van der Waals surface area contributed by atoms with Crippen molar-refractivity contribution in [1.29, 1.82) is 0 Å². The predicted octanol–water partition coefficient (Wildman–Crippen LogP) is 4.15. The standard InChI is InChI=1S/C25H26N4O3/c1-16-7-6-8-23(29-25(30)28(4)26-27-29)22(16)15-32-24-14-17(2)21(13-18(24)3)19-9-11-20(31-5)12-10-19/h6-14H,15H2,1-5H3. The van der Waals surface area contributed by atoms with Crippen molar-refractivity contribution in [1.82, 2.24) is 19.8 Å². The predicted molar refractivity (Wildman–Crippen MR) is 124 cm³/mol. The zero-order valence-electron chi connectivity index (χ0n) is 18.9. The monoisotopic (exact) mass is 430 g/mol. The van der Waals surface area contributed by atoms with Gasteiger partial charge in [0, 0.05) is 12.6 Å². The third-order valence-corrected chi connectivity index (χ3v) is 5.63. The summed E-state index contributed by atoms with van der Waals surface area (Å²) in [5.41, 5.74) is 6.72. The molecule has 7 nitrogen and oxygen atoms in total. The van der Waals surface area contributed by atoms with Crippen molar-refractivity contribution in [3.8, 4) is 28.3 Å². The average Bonchev–Trinajstić information content (AvgIpc) is 3.13. The second-order valence-corrected chi connectivity index (χ2v) is 7.82. The van der Waals surface area contributed by atoms with Crippen LogP contribution in [0.1, 0.15) is 22.3 Å². The van der Waals surface area contributed by atoms with Gasteiger partial charge in [-0.15, -0.1) is 0 Å². The van der Waals surface area contributed by atoms with Gasteiger partial charge in [0.25, 0.3) is 0 Å². The van der Waals surface area contributed by atoms with Crippen LogP contribution in [0.3, 0.4) is 0 Å². The number of hydrogen-bond donors (Lipinski definition) is 0. The molecule has 0 saturated heterocycles. The second kappa shape index (κ2) is 8.70. The molecule has 0 saturated carbocycles. The number of hydrogen-bond acceptors (Lipinski definition) is 5. The van der Waals surface area contributed by atoms with Crippen LogP contribution in [-0.4, -0.2) is 26.9 Å². The van der Waals surface area contributed by atoms with E-state index >= 15 is 0 Å². The number of methoxy groups -OCH3 is 1. The summed E-state index contributed by atoms with van der Waals surface area (Å²) in [6.45, 7) is 6.42. The Morgan fingerprint density at radius 2 is 1.66 bits per heavy atom. The number of benzene rings is 3. The molecule has 1 aromatic heterocycles. The molecule has 0 bridgehead atoms. The third kappa shape index (κ3) is 4.01. The number of rotatable bonds is 6. The Labute approximate surface area is 186 Å². The minimum atomic E-state index is -0.298. The van der Waals surface area contributed by atoms with Crippen molar-refractivity contribution in [3.63, 3.8) is 0 Å². The van der Waals surface area contributed by atoms with Crippen LogP contribution in [0.2, 0.25) is 0 Å². The molecular formula is C25H26N4O3. The zero-order chi connectivity index (χ0) is 22.8. The first-order valence-corrected chi connectivity index (χ1v) is 10.4. The number of ether oxygens (including phenoxy) is 2. The highest BCUT2D eigenvalue weighted by atomic mass is 16.5. The van der Waals surface area contributed by atoms with Gasteiger partial charge in [0.05, 0.1) is 12.8 Å². The summed E-state index contributed by atoms with van der Waals surface area (Å²) >= 11 is 0. The Morgan fingerprint density at radius 1 is 0.906 bits per heavy atom. The van der Waals surface area contributed by atoms with E-state index in [2.05, 4.69) is 41.6 Å². The molecule has 0 amide bonds. The minimum Gasteiger partial charge on any atom is -0.497 e. The molecule has 0 N–H and O–H groups in total. The van der Waals surface area contributed by atoms with E-state index in [-0.39, 0.29) is 5.69 Å². The van der Waals surface area contributed by atoms with Gasteiger partial charge in [0.2, 0.25) is 0 Å². The number of aryl methyl sites for hydroxylation is 4. The van der Waals surface area contributed by atoms with Gasteiger partial charge >= 0.3 is 5.69 Å². The second-order valence-electron chi connectivity index (χ2n) is 7.82. The van der Waals surface area contributed by atoms with Crippen molar-refractivity contribution in [2.75, 3.05) is 7.11 Å². The maximum atomic E-state index is 12.4. The van der Waals surface area contributed by atoms with Crippen LogP contribution in [-0.2, 0) is 13.7 Å². The van der Waals surface area contributed by atoms with Gasteiger partial charge < -0.3 is 9.47 Å². The molecule has 0 aliphatic heterocycles. The highest BCUT2D eigenvalue weighted by molar-refractivity contribution is 5.70. The van der Waals surface area contributed by atoms with Crippen LogP contribution in [0, 0.1) is 20.8 Å². The Morgan fingerprint density at radius 3 is 2.31 bits per heavy atom. The lowest BCUT2D eigenvalue weighted by molar-refractivity contribution is 0.302. The highest BCUT2D eigenvalue weighted by Crippen LogP contribution is 2.32. The van der Waals surface area contributed by atoms with E-state index < -0.39 is 0 Å². The fourth-order valence-corrected chi connectivity index (χ4v) is 3.71. The molecule has 3 aromatic carbocycles. The van der Waals surface area contributed by atoms with Gasteiger partial charge in [-0.25, -0.2) is 4.79 Å². The van der Waals surface area contributed by atoms with Crippen LogP contribution < -0.4 is 15.2 Å². The summed E-state index contributed by atoms with van der Waals surface area (Å²) in [7, 11) is 3.24. The van der Waals surface area contributed by atoms with Crippen LogP contribution >= 0.6 is 0 Å². The van der Waals surface area contributed by atoms with Gasteiger partial charge in [-0.1, -0.05) is 24.3 Å². The SMILES string of the molecule is COc1ccc(-c2cc(C)c(OCc3c(C)cccc3-n3nnn(C)c3=O)cc2C)cc1. The fourth-order valence-electron chi connectivity index (χ4n) is 3.71. The van der Waals surface area contributed by atoms with Crippen molar-refractivity contribution in [3.05, 3.63) is 87.3 Å². The van der Waals surface area contributed by atoms with Crippen LogP contribution in [0.15, 0.2) is 59.4 Å². The van der Waals surface area contributed by atoms with E-state index in [1.54, 1.807) is 14.2 Å². The van der Waals surface area contributed by atoms with Gasteiger partial charge in [-0.05, 0) is 89.3 Å². The first-order valence-electron chi connectivity index (χ1n) is 10.4. The van der Waals surface area contributed by atoms with Gasteiger partial charge in [-0.3, -0.25) is 0 Å². The molecule has 0 unspecified atom stereocenters. The summed E-state index contributed by atoms with van der Waals surface area (Å²) in [4.78, 5) is 12.4. The van der Waals surface area contributed by atoms with E-state index in [1.165, 1.54) is 9.36 Å². The first kappa shape index (κ1) is 21.4. The summed E-state index contributed by atoms with van der Waals surface area (Å²) in [5.74, 6) is 1.64. The van der Waals surface area contributed by atoms with Gasteiger partial charge in [0.1, 0.15) is 18.1 Å². The van der Waals surface area contributed by atoms with Crippen LogP contribution in [0.4, 0.5) is 0 Å². The normalized spacial score (nSPS) is 10.9. The molecule has 0 atom stereocenters. The molecule has 0 aliphatic rings. The topological polar surface area (TPSA) is 71.2 Å². The van der Waals surface area contributed by atoms with Crippen LogP contribution in [0.25, 0.3) is 16.8 Å². The first-order chi connectivity index (χ1) is 15.4. The van der Waals surface area contributed by atoms with Gasteiger partial charge in [0.15, 0.2) is 0 Å². The molecule has 1 heterocycles. The zero-order valence-corrected chi connectivity index (χ0v) is 18.9. The molecule has 7 heteroatoms. The molecule has 4 rings (SSSR count). The Hall–Kier alpha value is -3.87. The van der Waals surface area contributed by atoms with E-state index in [4.69, 9.17) is 9.47 Å². The molecule has 0 spiro atoms. The molecule has 0 radical (unpaired) electrons. The number of nitrogens with zero attached hydrogens (tertiary/aromatic N) is 4. The Kier molecular flexibility index (Phi) is 5.81. The van der Waals surface area contributed by atoms with E-state index in [0.717, 1.165) is 44.9 Å². The number of tetrazole rings is 1. The molecule has 0 aliphatic carbocycles. The maximum absolute atomic E-state index is 12.4. The average molecular weight is 431 g/mol. The third-order valence-electron chi connectivity index (χ3n) is 5.63. The lowest BCUT2D eigenvalue weighted by Crippen LogP contribution is -2.23. The molecule has 0 fully saturated rings. The van der Waals surface area contributed by atoms with Gasteiger partial charge in [-0.2, -0.15) is 9.36 Å². The maximum Gasteiger partial charge on any atom is 0.368 e. The molecule has 32 heavy (non-hydrogen) atoms. The largest absolute Gasteiger partial charge is 0.497 e. The lowest BCUT2D eigenvalue weighted by Gasteiger charge is -2.16. The van der Waals surface area contributed by atoms with E-state index in [9.17, 15) is 4.79 Å². The highest BCUT2D eigenvalue weighted by Gasteiger charge is 2.15. The van der Waals surface area contributed by atoms with E-state index in [0.29, 0.717) is 12.3 Å². The Bertz CT molecular complexity index is 1320. The van der Waals surface area contributed by atoms with Crippen molar-refractivity contribution in [2.45, 2.75) is 27.4 Å². The van der Waals surface area contributed by atoms with Crippen LogP contribution in [0.5, 0.6) is 11.5 Å². The lowest BCUT2D eigenvalue weighted by atomic mass is 9.97. The fraction of sp³-hybridized carbons (Fsp3) is 0.240.